The first-order valence-corrected chi connectivity index (χ1v) is 8.79. The molecule has 0 fully saturated rings. The average Bonchev–Trinajstić information content (AvgIpc) is 3.26. The van der Waals surface area contributed by atoms with E-state index in [1.54, 1.807) is 12.5 Å². The molecule has 3 aromatic rings. The topological polar surface area (TPSA) is 82.2 Å². The highest BCUT2D eigenvalue weighted by atomic mass is 16.5. The standard InChI is InChI=1S/C19H24N4O3/c1-13(2)23-18-15(11-21-23)10-17(14(3)22-18)19(24)20-7-5-8-25-12-16-6-4-9-26-16/h4,6,9-11,13H,5,7-8,12H2,1-3H3,(H,20,24). The van der Waals surface area contributed by atoms with Gasteiger partial charge in [-0.1, -0.05) is 0 Å². The van der Waals surface area contributed by atoms with E-state index in [2.05, 4.69) is 29.2 Å². The Hall–Kier alpha value is -2.67. The Morgan fingerprint density at radius 3 is 3.00 bits per heavy atom. The third-order valence-corrected chi connectivity index (χ3v) is 4.07. The molecule has 0 aromatic carbocycles. The van der Waals surface area contributed by atoms with Gasteiger partial charge in [0, 0.05) is 24.6 Å². The first-order chi connectivity index (χ1) is 12.6. The van der Waals surface area contributed by atoms with Crippen molar-refractivity contribution in [3.8, 4) is 0 Å². The number of nitrogens with zero attached hydrogens (tertiary/aromatic N) is 3. The summed E-state index contributed by atoms with van der Waals surface area (Å²) in [6.45, 7) is 7.49. The number of hydrogen-bond donors (Lipinski definition) is 1. The molecule has 0 spiro atoms. The van der Waals surface area contributed by atoms with E-state index < -0.39 is 0 Å². The molecule has 0 radical (unpaired) electrons. The number of aryl methyl sites for hydroxylation is 1. The van der Waals surface area contributed by atoms with Crippen molar-refractivity contribution in [3.05, 3.63) is 47.7 Å². The van der Waals surface area contributed by atoms with Crippen LogP contribution in [0.5, 0.6) is 0 Å². The number of carbonyl (C=O) groups is 1. The SMILES string of the molecule is Cc1nc2c(cnn2C(C)C)cc1C(=O)NCCCOCc1ccco1. The first kappa shape index (κ1) is 18.1. The van der Waals surface area contributed by atoms with Crippen LogP contribution in [-0.2, 0) is 11.3 Å². The highest BCUT2D eigenvalue weighted by molar-refractivity contribution is 5.98. The van der Waals surface area contributed by atoms with Gasteiger partial charge >= 0.3 is 0 Å². The maximum atomic E-state index is 12.4. The zero-order valence-corrected chi connectivity index (χ0v) is 15.4. The third-order valence-electron chi connectivity index (χ3n) is 4.07. The monoisotopic (exact) mass is 356 g/mol. The predicted molar refractivity (Wildman–Crippen MR) is 98.0 cm³/mol. The maximum Gasteiger partial charge on any atom is 0.253 e. The predicted octanol–water partition coefficient (Wildman–Crippen LogP) is 3.25. The summed E-state index contributed by atoms with van der Waals surface area (Å²) in [5, 5.41) is 8.14. The zero-order valence-electron chi connectivity index (χ0n) is 15.4. The molecular formula is C19H24N4O3. The van der Waals surface area contributed by atoms with Crippen molar-refractivity contribution in [2.24, 2.45) is 0 Å². The summed E-state index contributed by atoms with van der Waals surface area (Å²) in [7, 11) is 0. The molecule has 0 atom stereocenters. The van der Waals surface area contributed by atoms with Gasteiger partial charge in [0.2, 0.25) is 0 Å². The van der Waals surface area contributed by atoms with Gasteiger partial charge in [-0.3, -0.25) is 4.79 Å². The summed E-state index contributed by atoms with van der Waals surface area (Å²) in [6.07, 6.45) is 4.10. The minimum atomic E-state index is -0.125. The Kier molecular flexibility index (Phi) is 5.68. The number of hydrogen-bond acceptors (Lipinski definition) is 5. The van der Waals surface area contributed by atoms with Crippen LogP contribution in [-0.4, -0.2) is 33.8 Å². The number of fused-ring (bicyclic) bond motifs is 1. The zero-order chi connectivity index (χ0) is 18.5. The Labute approximate surface area is 152 Å². The first-order valence-electron chi connectivity index (χ1n) is 8.79. The number of rotatable bonds is 8. The van der Waals surface area contributed by atoms with Crippen LogP contribution in [0.4, 0.5) is 0 Å². The molecule has 7 nitrogen and oxygen atoms in total. The fraction of sp³-hybridized carbons (Fsp3) is 0.421. The van der Waals surface area contributed by atoms with Crippen molar-refractivity contribution in [1.82, 2.24) is 20.1 Å². The molecular weight excluding hydrogens is 332 g/mol. The van der Waals surface area contributed by atoms with Gasteiger partial charge in [-0.25, -0.2) is 9.67 Å². The number of furan rings is 1. The van der Waals surface area contributed by atoms with E-state index in [-0.39, 0.29) is 11.9 Å². The molecule has 0 aliphatic carbocycles. The molecule has 3 aromatic heterocycles. The molecule has 26 heavy (non-hydrogen) atoms. The molecule has 0 aliphatic heterocycles. The van der Waals surface area contributed by atoms with Gasteiger partial charge in [-0.15, -0.1) is 0 Å². The van der Waals surface area contributed by atoms with Crippen molar-refractivity contribution in [2.45, 2.75) is 39.8 Å². The maximum absolute atomic E-state index is 12.4. The molecule has 0 bridgehead atoms. The van der Waals surface area contributed by atoms with Gasteiger partial charge in [0.05, 0.1) is 23.7 Å². The van der Waals surface area contributed by atoms with Crippen LogP contribution in [0.2, 0.25) is 0 Å². The van der Waals surface area contributed by atoms with E-state index in [1.165, 1.54) is 0 Å². The second-order valence-electron chi connectivity index (χ2n) is 6.46. The van der Waals surface area contributed by atoms with E-state index >= 15 is 0 Å². The van der Waals surface area contributed by atoms with Crippen LogP contribution < -0.4 is 5.32 Å². The molecule has 0 saturated carbocycles. The highest BCUT2D eigenvalue weighted by Gasteiger charge is 2.14. The number of pyridine rings is 1. The number of amides is 1. The largest absolute Gasteiger partial charge is 0.467 e. The summed E-state index contributed by atoms with van der Waals surface area (Å²) >= 11 is 0. The van der Waals surface area contributed by atoms with E-state index in [4.69, 9.17) is 9.15 Å². The summed E-state index contributed by atoms with van der Waals surface area (Å²) < 4.78 is 12.6. The molecule has 1 amide bonds. The van der Waals surface area contributed by atoms with Crippen LogP contribution in [0.25, 0.3) is 11.0 Å². The number of carbonyl (C=O) groups excluding carboxylic acids is 1. The minimum Gasteiger partial charge on any atom is -0.467 e. The second-order valence-corrected chi connectivity index (χ2v) is 6.46. The van der Waals surface area contributed by atoms with Gasteiger partial charge in [0.25, 0.3) is 5.91 Å². The molecule has 0 unspecified atom stereocenters. The van der Waals surface area contributed by atoms with E-state index in [0.717, 1.165) is 23.2 Å². The van der Waals surface area contributed by atoms with Crippen LogP contribution in [0, 0.1) is 6.92 Å². The van der Waals surface area contributed by atoms with Crippen molar-refractivity contribution >= 4 is 16.9 Å². The fourth-order valence-electron chi connectivity index (χ4n) is 2.71. The number of ether oxygens (including phenoxy) is 1. The lowest BCUT2D eigenvalue weighted by molar-refractivity contribution is 0.0916. The Morgan fingerprint density at radius 1 is 1.42 bits per heavy atom. The lowest BCUT2D eigenvalue weighted by atomic mass is 10.1. The van der Waals surface area contributed by atoms with Crippen molar-refractivity contribution in [1.29, 1.82) is 0 Å². The van der Waals surface area contributed by atoms with E-state index in [1.807, 2.05) is 29.8 Å². The second kappa shape index (κ2) is 8.14. The van der Waals surface area contributed by atoms with Gasteiger partial charge < -0.3 is 14.5 Å². The van der Waals surface area contributed by atoms with Crippen LogP contribution in [0.1, 0.15) is 48.1 Å². The average molecular weight is 356 g/mol. The quantitative estimate of drug-likeness (QED) is 0.627. The lowest BCUT2D eigenvalue weighted by Gasteiger charge is -2.10. The number of nitrogens with one attached hydrogen (secondary N) is 1. The summed E-state index contributed by atoms with van der Waals surface area (Å²) in [4.78, 5) is 17.0. The van der Waals surface area contributed by atoms with Gasteiger partial charge in [0.15, 0.2) is 5.65 Å². The third kappa shape index (κ3) is 4.11. The molecule has 0 saturated heterocycles. The summed E-state index contributed by atoms with van der Waals surface area (Å²) in [6, 6.07) is 5.78. The van der Waals surface area contributed by atoms with E-state index in [0.29, 0.717) is 31.0 Å². The van der Waals surface area contributed by atoms with Crippen LogP contribution >= 0.6 is 0 Å². The Bertz CT molecular complexity index is 868. The highest BCUT2D eigenvalue weighted by Crippen LogP contribution is 2.19. The summed E-state index contributed by atoms with van der Waals surface area (Å²) in [5.74, 6) is 0.672. The van der Waals surface area contributed by atoms with Crippen LogP contribution in [0.15, 0.2) is 35.1 Å². The molecule has 1 N–H and O–H groups in total. The fourth-order valence-corrected chi connectivity index (χ4v) is 2.71. The minimum absolute atomic E-state index is 0.125. The molecule has 3 rings (SSSR count). The molecule has 7 heteroatoms. The lowest BCUT2D eigenvalue weighted by Crippen LogP contribution is -2.26. The van der Waals surface area contributed by atoms with Gasteiger partial charge in [-0.2, -0.15) is 5.10 Å². The smallest absolute Gasteiger partial charge is 0.253 e. The number of aromatic nitrogens is 3. The Morgan fingerprint density at radius 2 is 2.27 bits per heavy atom. The van der Waals surface area contributed by atoms with E-state index in [9.17, 15) is 4.79 Å². The van der Waals surface area contributed by atoms with Crippen molar-refractivity contribution in [2.75, 3.05) is 13.2 Å². The summed E-state index contributed by atoms with van der Waals surface area (Å²) in [5.41, 5.74) is 2.09. The van der Waals surface area contributed by atoms with Gasteiger partial charge in [0.1, 0.15) is 12.4 Å². The van der Waals surface area contributed by atoms with Crippen molar-refractivity contribution in [3.63, 3.8) is 0 Å². The van der Waals surface area contributed by atoms with Crippen molar-refractivity contribution < 1.29 is 13.9 Å². The molecule has 138 valence electrons. The molecule has 0 aliphatic rings. The molecule has 3 heterocycles. The Balaban J connectivity index is 1.52. The van der Waals surface area contributed by atoms with Gasteiger partial charge in [-0.05, 0) is 45.4 Å². The van der Waals surface area contributed by atoms with Crippen LogP contribution in [0.3, 0.4) is 0 Å². The normalized spacial score (nSPS) is 11.4.